The van der Waals surface area contributed by atoms with Crippen molar-refractivity contribution in [2.75, 3.05) is 18.4 Å². The molecule has 0 spiro atoms. The fourth-order valence-electron chi connectivity index (χ4n) is 1.53. The highest BCUT2D eigenvalue weighted by Crippen LogP contribution is 2.15. The summed E-state index contributed by atoms with van der Waals surface area (Å²) in [6.07, 6.45) is 3.04. The monoisotopic (exact) mass is 180 g/mol. The lowest BCUT2D eigenvalue weighted by atomic mass is 10.1. The third kappa shape index (κ3) is 1.67. The standard InChI is InChI=1S/C9H16N4/c1-3-8-9(6-13(2)12-8)11-7-4-10-5-7/h6-7,10-11H,3-5H2,1-2H3. The number of aromatic nitrogens is 2. The minimum atomic E-state index is 0.592. The first-order valence-electron chi connectivity index (χ1n) is 4.79. The van der Waals surface area contributed by atoms with Crippen molar-refractivity contribution in [2.24, 2.45) is 7.05 Å². The normalized spacial score (nSPS) is 17.1. The summed E-state index contributed by atoms with van der Waals surface area (Å²) in [5.74, 6) is 0. The molecule has 2 rings (SSSR count). The summed E-state index contributed by atoms with van der Waals surface area (Å²) in [5, 5.41) is 11.1. The number of nitrogens with one attached hydrogen (secondary N) is 2. The van der Waals surface area contributed by atoms with Gasteiger partial charge in [-0.05, 0) is 6.42 Å². The molecule has 2 N–H and O–H groups in total. The second-order valence-corrected chi connectivity index (χ2v) is 3.52. The van der Waals surface area contributed by atoms with Gasteiger partial charge in [-0.2, -0.15) is 5.10 Å². The maximum Gasteiger partial charge on any atom is 0.0853 e. The lowest BCUT2D eigenvalue weighted by molar-refractivity contribution is 0.472. The molecule has 1 fully saturated rings. The van der Waals surface area contributed by atoms with E-state index in [1.807, 2.05) is 11.7 Å². The molecule has 0 amide bonds. The molecule has 4 heteroatoms. The SMILES string of the molecule is CCc1nn(C)cc1NC1CNC1. The van der Waals surface area contributed by atoms with Gasteiger partial charge in [0.1, 0.15) is 0 Å². The van der Waals surface area contributed by atoms with E-state index in [-0.39, 0.29) is 0 Å². The number of hydrogen-bond donors (Lipinski definition) is 2. The predicted molar refractivity (Wildman–Crippen MR) is 52.9 cm³/mol. The topological polar surface area (TPSA) is 41.9 Å². The number of rotatable bonds is 3. The fraction of sp³-hybridized carbons (Fsp3) is 0.667. The van der Waals surface area contributed by atoms with Gasteiger partial charge in [0.05, 0.1) is 17.4 Å². The largest absolute Gasteiger partial charge is 0.377 e. The maximum atomic E-state index is 4.37. The van der Waals surface area contributed by atoms with E-state index in [1.165, 1.54) is 5.69 Å². The van der Waals surface area contributed by atoms with Gasteiger partial charge in [-0.25, -0.2) is 0 Å². The van der Waals surface area contributed by atoms with Crippen LogP contribution in [-0.2, 0) is 13.5 Å². The minimum absolute atomic E-state index is 0.592. The molecule has 0 unspecified atom stereocenters. The predicted octanol–water partition coefficient (Wildman–Crippen LogP) is 0.366. The molecule has 1 aromatic heterocycles. The van der Waals surface area contributed by atoms with Crippen molar-refractivity contribution in [2.45, 2.75) is 19.4 Å². The van der Waals surface area contributed by atoms with Crippen molar-refractivity contribution in [1.82, 2.24) is 15.1 Å². The first-order valence-corrected chi connectivity index (χ1v) is 4.79. The Morgan fingerprint density at radius 1 is 1.69 bits per heavy atom. The molecule has 1 aliphatic heterocycles. The third-order valence-corrected chi connectivity index (χ3v) is 2.38. The Kier molecular flexibility index (Phi) is 2.22. The van der Waals surface area contributed by atoms with Gasteiger partial charge in [0.25, 0.3) is 0 Å². The number of anilines is 1. The van der Waals surface area contributed by atoms with Crippen LogP contribution in [0.15, 0.2) is 6.20 Å². The molecule has 4 nitrogen and oxygen atoms in total. The molecule has 1 aliphatic rings. The molecule has 0 atom stereocenters. The third-order valence-electron chi connectivity index (χ3n) is 2.38. The van der Waals surface area contributed by atoms with Gasteiger partial charge in [-0.15, -0.1) is 0 Å². The average Bonchev–Trinajstić information content (AvgIpc) is 2.38. The van der Waals surface area contributed by atoms with E-state index in [4.69, 9.17) is 0 Å². The summed E-state index contributed by atoms with van der Waals surface area (Å²) in [6, 6.07) is 0.592. The Morgan fingerprint density at radius 2 is 2.46 bits per heavy atom. The smallest absolute Gasteiger partial charge is 0.0853 e. The summed E-state index contributed by atoms with van der Waals surface area (Å²) >= 11 is 0. The Bertz CT molecular complexity index is 288. The van der Waals surface area contributed by atoms with Crippen molar-refractivity contribution in [3.05, 3.63) is 11.9 Å². The van der Waals surface area contributed by atoms with Crippen molar-refractivity contribution < 1.29 is 0 Å². The number of hydrogen-bond acceptors (Lipinski definition) is 3. The van der Waals surface area contributed by atoms with Crippen molar-refractivity contribution >= 4 is 5.69 Å². The molecule has 0 aliphatic carbocycles. The zero-order valence-corrected chi connectivity index (χ0v) is 8.17. The van der Waals surface area contributed by atoms with Crippen LogP contribution in [0.25, 0.3) is 0 Å². The van der Waals surface area contributed by atoms with Crippen molar-refractivity contribution in [1.29, 1.82) is 0 Å². The van der Waals surface area contributed by atoms with E-state index in [9.17, 15) is 0 Å². The molecular weight excluding hydrogens is 164 g/mol. The van der Waals surface area contributed by atoms with Crippen LogP contribution in [0, 0.1) is 0 Å². The second kappa shape index (κ2) is 3.38. The van der Waals surface area contributed by atoms with E-state index < -0.39 is 0 Å². The van der Waals surface area contributed by atoms with E-state index in [2.05, 4.69) is 28.9 Å². The van der Waals surface area contributed by atoms with Crippen LogP contribution >= 0.6 is 0 Å². The summed E-state index contributed by atoms with van der Waals surface area (Å²) in [6.45, 7) is 4.27. The molecule has 1 saturated heterocycles. The molecule has 0 radical (unpaired) electrons. The summed E-state index contributed by atoms with van der Waals surface area (Å²) in [7, 11) is 1.96. The fourth-order valence-corrected chi connectivity index (χ4v) is 1.53. The molecule has 0 bridgehead atoms. The lowest BCUT2D eigenvalue weighted by Crippen LogP contribution is -2.51. The van der Waals surface area contributed by atoms with E-state index in [1.54, 1.807) is 0 Å². The minimum Gasteiger partial charge on any atom is -0.377 e. The Hall–Kier alpha value is -1.03. The van der Waals surface area contributed by atoms with Gasteiger partial charge in [0.2, 0.25) is 0 Å². The van der Waals surface area contributed by atoms with Gasteiger partial charge < -0.3 is 10.6 Å². The number of aryl methyl sites for hydroxylation is 2. The van der Waals surface area contributed by atoms with Crippen LogP contribution in [0.3, 0.4) is 0 Å². The van der Waals surface area contributed by atoms with Crippen molar-refractivity contribution in [3.63, 3.8) is 0 Å². The maximum absolute atomic E-state index is 4.37. The van der Waals surface area contributed by atoms with Gasteiger partial charge >= 0.3 is 0 Å². The van der Waals surface area contributed by atoms with Crippen LogP contribution in [0.5, 0.6) is 0 Å². The molecule has 1 aromatic rings. The van der Waals surface area contributed by atoms with Gasteiger partial charge in [-0.1, -0.05) is 6.92 Å². The van der Waals surface area contributed by atoms with Gasteiger partial charge in [0.15, 0.2) is 0 Å². The van der Waals surface area contributed by atoms with Crippen LogP contribution in [-0.4, -0.2) is 28.9 Å². The summed E-state index contributed by atoms with van der Waals surface area (Å²) in [4.78, 5) is 0. The Morgan fingerprint density at radius 3 is 3.00 bits per heavy atom. The summed E-state index contributed by atoms with van der Waals surface area (Å²) < 4.78 is 1.87. The average molecular weight is 180 g/mol. The molecule has 2 heterocycles. The van der Waals surface area contributed by atoms with E-state index in [0.717, 1.165) is 25.2 Å². The van der Waals surface area contributed by atoms with Crippen LogP contribution < -0.4 is 10.6 Å². The zero-order chi connectivity index (χ0) is 9.26. The quantitative estimate of drug-likeness (QED) is 0.706. The highest BCUT2D eigenvalue weighted by atomic mass is 15.3. The first-order chi connectivity index (χ1) is 6.29. The zero-order valence-electron chi connectivity index (χ0n) is 8.17. The number of nitrogens with zero attached hydrogens (tertiary/aromatic N) is 2. The van der Waals surface area contributed by atoms with E-state index >= 15 is 0 Å². The lowest BCUT2D eigenvalue weighted by Gasteiger charge is -2.28. The Balaban J connectivity index is 2.08. The Labute approximate surface area is 78.3 Å². The molecular formula is C9H16N4. The van der Waals surface area contributed by atoms with Crippen LogP contribution in [0.4, 0.5) is 5.69 Å². The van der Waals surface area contributed by atoms with Crippen molar-refractivity contribution in [3.8, 4) is 0 Å². The van der Waals surface area contributed by atoms with Crippen LogP contribution in [0.1, 0.15) is 12.6 Å². The van der Waals surface area contributed by atoms with Crippen LogP contribution in [0.2, 0.25) is 0 Å². The van der Waals surface area contributed by atoms with Gasteiger partial charge in [-0.3, -0.25) is 4.68 Å². The highest BCUT2D eigenvalue weighted by Gasteiger charge is 2.18. The molecule has 0 saturated carbocycles. The highest BCUT2D eigenvalue weighted by molar-refractivity contribution is 5.47. The van der Waals surface area contributed by atoms with E-state index in [0.29, 0.717) is 6.04 Å². The second-order valence-electron chi connectivity index (χ2n) is 3.52. The molecule has 13 heavy (non-hydrogen) atoms. The molecule has 0 aromatic carbocycles. The van der Waals surface area contributed by atoms with Gasteiger partial charge in [0, 0.05) is 26.3 Å². The molecule has 72 valence electrons. The first kappa shape index (κ1) is 8.56. The summed E-state index contributed by atoms with van der Waals surface area (Å²) in [5.41, 5.74) is 2.35.